The summed E-state index contributed by atoms with van der Waals surface area (Å²) in [5.41, 5.74) is 1.56. The maximum Gasteiger partial charge on any atom is 0.248 e. The molecule has 0 heterocycles. The third-order valence-electron chi connectivity index (χ3n) is 3.43. The Bertz CT molecular complexity index is 409. The lowest BCUT2D eigenvalue weighted by atomic mass is 9.82. The second-order valence-electron chi connectivity index (χ2n) is 4.83. The average Bonchev–Trinajstić information content (AvgIpc) is 2.28. The summed E-state index contributed by atoms with van der Waals surface area (Å²) >= 11 is 0. The first-order chi connectivity index (χ1) is 7.98. The van der Waals surface area contributed by atoms with Gasteiger partial charge in [0.05, 0.1) is 0 Å². The first-order valence-electron chi connectivity index (χ1n) is 5.97. The van der Waals surface area contributed by atoms with Crippen molar-refractivity contribution in [1.82, 2.24) is 0 Å². The van der Waals surface area contributed by atoms with Crippen molar-refractivity contribution >= 4 is 5.78 Å². The Hall–Kier alpha value is -1.25. The summed E-state index contributed by atoms with van der Waals surface area (Å²) in [6.45, 7) is 1.50. The zero-order valence-corrected chi connectivity index (χ0v) is 9.88. The molecule has 0 amide bonds. The quantitative estimate of drug-likeness (QED) is 0.706. The first-order valence-corrected chi connectivity index (χ1v) is 5.97. The molecule has 1 aliphatic carbocycles. The number of benzene rings is 1. The average molecular weight is 238 g/mol. The molecular weight excluding hydrogens is 222 g/mol. The summed E-state index contributed by atoms with van der Waals surface area (Å²) in [6.07, 6.45) is 1.34. The van der Waals surface area contributed by atoms with Crippen LogP contribution in [0.2, 0.25) is 0 Å². The normalized spacial score (nSPS) is 23.4. The highest BCUT2D eigenvalue weighted by atomic mass is 19.3. The molecule has 17 heavy (non-hydrogen) atoms. The number of rotatable bonds is 2. The summed E-state index contributed by atoms with van der Waals surface area (Å²) in [7, 11) is 0. The fourth-order valence-corrected chi connectivity index (χ4v) is 2.45. The Morgan fingerprint density at radius 1 is 1.29 bits per heavy atom. The highest BCUT2D eigenvalue weighted by Gasteiger charge is 2.36. The lowest BCUT2D eigenvalue weighted by Crippen LogP contribution is -2.24. The second kappa shape index (κ2) is 4.55. The van der Waals surface area contributed by atoms with E-state index in [0.717, 1.165) is 12.0 Å². The van der Waals surface area contributed by atoms with E-state index in [1.807, 2.05) is 12.1 Å². The fraction of sp³-hybridized carbons (Fsp3) is 0.500. The van der Waals surface area contributed by atoms with Crippen LogP contribution in [0.25, 0.3) is 0 Å². The lowest BCUT2D eigenvalue weighted by Gasteiger charge is -2.29. The van der Waals surface area contributed by atoms with E-state index in [-0.39, 0.29) is 24.5 Å². The third kappa shape index (κ3) is 2.90. The summed E-state index contributed by atoms with van der Waals surface area (Å²) in [6, 6.07) is 7.07. The summed E-state index contributed by atoms with van der Waals surface area (Å²) < 4.78 is 26.6. The Balaban J connectivity index is 2.14. The SMILES string of the molecule is CC(=O)c1ccc(C2CCCC(F)(F)C2)cc1. The van der Waals surface area contributed by atoms with Crippen LogP contribution in [0.1, 0.15) is 54.4 Å². The van der Waals surface area contributed by atoms with E-state index >= 15 is 0 Å². The Morgan fingerprint density at radius 2 is 1.94 bits per heavy atom. The first kappa shape index (κ1) is 12.2. The smallest absolute Gasteiger partial charge is 0.248 e. The topological polar surface area (TPSA) is 17.1 Å². The molecule has 0 spiro atoms. The van der Waals surface area contributed by atoms with Gasteiger partial charge in [-0.3, -0.25) is 4.79 Å². The molecule has 1 nitrogen and oxygen atoms in total. The van der Waals surface area contributed by atoms with Crippen LogP contribution in [0.3, 0.4) is 0 Å². The molecule has 0 saturated heterocycles. The molecule has 0 aliphatic heterocycles. The number of alkyl halides is 2. The monoisotopic (exact) mass is 238 g/mol. The number of carbonyl (C=O) groups excluding carboxylic acids is 1. The zero-order chi connectivity index (χ0) is 12.5. The molecule has 1 atom stereocenters. The molecule has 1 saturated carbocycles. The molecule has 1 aromatic rings. The van der Waals surface area contributed by atoms with Gasteiger partial charge in [0.2, 0.25) is 5.92 Å². The van der Waals surface area contributed by atoms with Crippen molar-refractivity contribution in [3.05, 3.63) is 35.4 Å². The Kier molecular flexibility index (Phi) is 3.27. The number of carbonyl (C=O) groups is 1. The van der Waals surface area contributed by atoms with Gasteiger partial charge in [-0.05, 0) is 31.2 Å². The molecule has 1 aromatic carbocycles. The molecule has 3 heteroatoms. The Morgan fingerprint density at radius 3 is 2.47 bits per heavy atom. The molecule has 1 unspecified atom stereocenters. The van der Waals surface area contributed by atoms with Gasteiger partial charge in [0.15, 0.2) is 5.78 Å². The number of Topliss-reactive ketones (excluding diaryl/α,β-unsaturated/α-hetero) is 1. The van der Waals surface area contributed by atoms with Crippen molar-refractivity contribution in [3.63, 3.8) is 0 Å². The minimum atomic E-state index is -2.53. The van der Waals surface area contributed by atoms with E-state index in [1.165, 1.54) is 6.92 Å². The van der Waals surface area contributed by atoms with Crippen LogP contribution >= 0.6 is 0 Å². The van der Waals surface area contributed by atoms with E-state index in [2.05, 4.69) is 0 Å². The number of ketones is 1. The van der Waals surface area contributed by atoms with E-state index in [0.29, 0.717) is 12.0 Å². The zero-order valence-electron chi connectivity index (χ0n) is 9.88. The Labute approximate surface area is 99.8 Å². The molecule has 0 radical (unpaired) electrons. The fourth-order valence-electron chi connectivity index (χ4n) is 2.45. The van der Waals surface area contributed by atoms with E-state index < -0.39 is 5.92 Å². The van der Waals surface area contributed by atoms with Crippen LogP contribution in [-0.2, 0) is 0 Å². The van der Waals surface area contributed by atoms with Crippen molar-refractivity contribution in [1.29, 1.82) is 0 Å². The van der Waals surface area contributed by atoms with Gasteiger partial charge in [-0.1, -0.05) is 24.3 Å². The standard InChI is InChI=1S/C14H16F2O/c1-10(17)11-4-6-12(7-5-11)13-3-2-8-14(15,16)9-13/h4-7,13H,2-3,8-9H2,1H3. The molecule has 2 rings (SSSR count). The maximum atomic E-state index is 13.3. The van der Waals surface area contributed by atoms with Gasteiger partial charge in [0, 0.05) is 18.4 Å². The van der Waals surface area contributed by atoms with Crippen molar-refractivity contribution < 1.29 is 13.6 Å². The van der Waals surface area contributed by atoms with Crippen LogP contribution in [-0.4, -0.2) is 11.7 Å². The lowest BCUT2D eigenvalue weighted by molar-refractivity contribution is -0.0408. The van der Waals surface area contributed by atoms with Gasteiger partial charge in [0.1, 0.15) is 0 Å². The number of hydrogen-bond acceptors (Lipinski definition) is 1. The van der Waals surface area contributed by atoms with Gasteiger partial charge in [-0.2, -0.15) is 0 Å². The van der Waals surface area contributed by atoms with Gasteiger partial charge >= 0.3 is 0 Å². The summed E-state index contributed by atoms with van der Waals surface area (Å²) in [4.78, 5) is 11.1. The summed E-state index contributed by atoms with van der Waals surface area (Å²) in [5.74, 6) is -2.59. The molecule has 0 bridgehead atoms. The third-order valence-corrected chi connectivity index (χ3v) is 3.43. The minimum Gasteiger partial charge on any atom is -0.295 e. The van der Waals surface area contributed by atoms with Crippen molar-refractivity contribution in [2.45, 2.75) is 44.4 Å². The predicted octanol–water partition coefficient (Wildman–Crippen LogP) is 4.18. The maximum absolute atomic E-state index is 13.3. The van der Waals surface area contributed by atoms with Crippen molar-refractivity contribution in [2.24, 2.45) is 0 Å². The van der Waals surface area contributed by atoms with Crippen molar-refractivity contribution in [2.75, 3.05) is 0 Å². The van der Waals surface area contributed by atoms with Crippen LogP contribution in [0, 0.1) is 0 Å². The van der Waals surface area contributed by atoms with Gasteiger partial charge in [-0.15, -0.1) is 0 Å². The molecule has 0 aromatic heterocycles. The van der Waals surface area contributed by atoms with E-state index in [4.69, 9.17) is 0 Å². The van der Waals surface area contributed by atoms with Gasteiger partial charge in [-0.25, -0.2) is 8.78 Å². The second-order valence-corrected chi connectivity index (χ2v) is 4.83. The highest BCUT2D eigenvalue weighted by Crippen LogP contribution is 2.41. The van der Waals surface area contributed by atoms with E-state index in [9.17, 15) is 13.6 Å². The number of halogens is 2. The molecular formula is C14H16F2O. The molecule has 0 N–H and O–H groups in total. The van der Waals surface area contributed by atoms with Gasteiger partial charge in [0.25, 0.3) is 0 Å². The largest absolute Gasteiger partial charge is 0.295 e. The molecule has 1 fully saturated rings. The van der Waals surface area contributed by atoms with Crippen LogP contribution < -0.4 is 0 Å². The van der Waals surface area contributed by atoms with E-state index in [1.54, 1.807) is 12.1 Å². The van der Waals surface area contributed by atoms with Gasteiger partial charge < -0.3 is 0 Å². The van der Waals surface area contributed by atoms with Crippen LogP contribution in [0.4, 0.5) is 8.78 Å². The molecule has 92 valence electrons. The minimum absolute atomic E-state index is 0.00511. The van der Waals surface area contributed by atoms with Crippen molar-refractivity contribution in [3.8, 4) is 0 Å². The summed E-state index contributed by atoms with van der Waals surface area (Å²) in [5, 5.41) is 0. The highest BCUT2D eigenvalue weighted by molar-refractivity contribution is 5.94. The number of hydrogen-bond donors (Lipinski definition) is 0. The molecule has 1 aliphatic rings. The van der Waals surface area contributed by atoms with Crippen LogP contribution in [0.15, 0.2) is 24.3 Å². The predicted molar refractivity (Wildman–Crippen MR) is 62.6 cm³/mol. The van der Waals surface area contributed by atoms with Crippen LogP contribution in [0.5, 0.6) is 0 Å².